The third-order valence-electron chi connectivity index (χ3n) is 2.96. The first-order valence-electron chi connectivity index (χ1n) is 6.65. The number of hydrogen-bond acceptors (Lipinski definition) is 2. The summed E-state index contributed by atoms with van der Waals surface area (Å²) in [5, 5.41) is 3.44. The smallest absolute Gasteiger partial charge is 0.113 e. The molecule has 2 heteroatoms. The van der Waals surface area contributed by atoms with Crippen LogP contribution in [-0.4, -0.2) is 13.7 Å². The molecule has 2 nitrogen and oxygen atoms in total. The van der Waals surface area contributed by atoms with Crippen LogP contribution in [0.15, 0.2) is 54.6 Å². The van der Waals surface area contributed by atoms with Gasteiger partial charge in [-0.15, -0.1) is 0 Å². The highest BCUT2D eigenvalue weighted by Crippen LogP contribution is 2.19. The highest BCUT2D eigenvalue weighted by molar-refractivity contribution is 5.48. The summed E-state index contributed by atoms with van der Waals surface area (Å²) in [5.74, 6) is 6.25. The molecule has 102 valence electrons. The summed E-state index contributed by atoms with van der Waals surface area (Å²) in [7, 11) is 1.65. The number of para-hydroxylation sites is 1. The van der Waals surface area contributed by atoms with Crippen LogP contribution in [0, 0.1) is 18.8 Å². The first-order chi connectivity index (χ1) is 9.79. The molecule has 1 atom stereocenters. The maximum Gasteiger partial charge on any atom is 0.113 e. The molecule has 1 N–H and O–H groups in total. The van der Waals surface area contributed by atoms with E-state index in [1.165, 1.54) is 5.56 Å². The lowest BCUT2D eigenvalue weighted by Crippen LogP contribution is -2.08. The van der Waals surface area contributed by atoms with Crippen LogP contribution in [-0.2, 0) is 4.74 Å². The molecular formula is C18H19NO. The van der Waals surface area contributed by atoms with E-state index < -0.39 is 0 Å². The lowest BCUT2D eigenvalue weighted by Gasteiger charge is -2.15. The molecule has 0 amide bonds. The van der Waals surface area contributed by atoms with Crippen LogP contribution in [0.5, 0.6) is 0 Å². The summed E-state index contributed by atoms with van der Waals surface area (Å²) in [5.41, 5.74) is 3.46. The van der Waals surface area contributed by atoms with E-state index in [0.29, 0.717) is 6.61 Å². The number of aryl methyl sites for hydroxylation is 1. The highest BCUT2D eigenvalue weighted by Gasteiger charge is 2.07. The van der Waals surface area contributed by atoms with E-state index in [-0.39, 0.29) is 6.04 Å². The fourth-order valence-corrected chi connectivity index (χ4v) is 1.88. The molecule has 2 aromatic rings. The molecule has 0 saturated carbocycles. The van der Waals surface area contributed by atoms with Gasteiger partial charge >= 0.3 is 0 Å². The van der Waals surface area contributed by atoms with Crippen LogP contribution in [0.4, 0.5) is 5.69 Å². The zero-order valence-electron chi connectivity index (χ0n) is 11.9. The molecule has 0 bridgehead atoms. The molecule has 2 rings (SSSR count). The first-order valence-corrected chi connectivity index (χ1v) is 6.65. The molecule has 0 heterocycles. The Morgan fingerprint density at radius 2 is 1.75 bits per heavy atom. The Morgan fingerprint density at radius 3 is 2.40 bits per heavy atom. The Bertz CT molecular complexity index is 578. The van der Waals surface area contributed by atoms with Gasteiger partial charge in [0.05, 0.1) is 0 Å². The summed E-state index contributed by atoms with van der Waals surface area (Å²) in [6.45, 7) is 2.53. The molecule has 0 spiro atoms. The molecule has 0 aliphatic carbocycles. The monoisotopic (exact) mass is 265 g/mol. The SMILES string of the molecule is COCC#C[C@H](Nc1ccccc1)c1ccc(C)cc1. The minimum Gasteiger partial charge on any atom is -0.372 e. The Labute approximate surface area is 120 Å². The van der Waals surface area contributed by atoms with Gasteiger partial charge in [0.25, 0.3) is 0 Å². The topological polar surface area (TPSA) is 21.3 Å². The van der Waals surface area contributed by atoms with Gasteiger partial charge < -0.3 is 10.1 Å². The largest absolute Gasteiger partial charge is 0.372 e. The van der Waals surface area contributed by atoms with Gasteiger partial charge in [0, 0.05) is 12.8 Å². The van der Waals surface area contributed by atoms with Crippen LogP contribution in [0.2, 0.25) is 0 Å². The first kappa shape index (κ1) is 14.2. The summed E-state index contributed by atoms with van der Waals surface area (Å²) in [6, 6.07) is 18.5. The average molecular weight is 265 g/mol. The van der Waals surface area contributed by atoms with Crippen LogP contribution in [0.25, 0.3) is 0 Å². The number of methoxy groups -OCH3 is 1. The number of hydrogen-bond donors (Lipinski definition) is 1. The average Bonchev–Trinajstić information content (AvgIpc) is 2.48. The van der Waals surface area contributed by atoms with E-state index in [4.69, 9.17) is 4.74 Å². The summed E-state index contributed by atoms with van der Waals surface area (Å²) in [4.78, 5) is 0. The maximum absolute atomic E-state index is 5.00. The summed E-state index contributed by atoms with van der Waals surface area (Å²) >= 11 is 0. The molecular weight excluding hydrogens is 246 g/mol. The maximum atomic E-state index is 5.00. The number of anilines is 1. The summed E-state index contributed by atoms with van der Waals surface area (Å²) < 4.78 is 5.00. The highest BCUT2D eigenvalue weighted by atomic mass is 16.5. The zero-order chi connectivity index (χ0) is 14.2. The van der Waals surface area contributed by atoms with Gasteiger partial charge in [-0.2, -0.15) is 0 Å². The van der Waals surface area contributed by atoms with E-state index >= 15 is 0 Å². The van der Waals surface area contributed by atoms with Crippen molar-refractivity contribution < 1.29 is 4.74 Å². The van der Waals surface area contributed by atoms with Crippen molar-refractivity contribution in [3.8, 4) is 11.8 Å². The Kier molecular flexibility index (Phi) is 5.23. The van der Waals surface area contributed by atoms with Gasteiger partial charge in [-0.3, -0.25) is 0 Å². The van der Waals surface area contributed by atoms with Gasteiger partial charge in [-0.25, -0.2) is 0 Å². The molecule has 0 saturated heterocycles. The van der Waals surface area contributed by atoms with Crippen molar-refractivity contribution in [2.75, 3.05) is 19.0 Å². The quantitative estimate of drug-likeness (QED) is 0.849. The van der Waals surface area contributed by atoms with E-state index in [1.54, 1.807) is 7.11 Å². The molecule has 0 aromatic heterocycles. The fraction of sp³-hybridized carbons (Fsp3) is 0.222. The van der Waals surface area contributed by atoms with Crippen LogP contribution in [0.1, 0.15) is 17.2 Å². The Balaban J connectivity index is 2.21. The van der Waals surface area contributed by atoms with Gasteiger partial charge in [-0.1, -0.05) is 59.9 Å². The molecule has 20 heavy (non-hydrogen) atoms. The molecule has 0 radical (unpaired) electrons. The van der Waals surface area contributed by atoms with Crippen molar-refractivity contribution >= 4 is 5.69 Å². The standard InChI is InChI=1S/C18H19NO/c1-15-10-12-16(13-11-15)18(9-6-14-20-2)19-17-7-4-3-5-8-17/h3-5,7-8,10-13,18-19H,14H2,1-2H3/t18-/m0/s1. The van der Waals surface area contributed by atoms with Gasteiger partial charge in [-0.05, 0) is 24.6 Å². The molecule has 0 aliphatic rings. The van der Waals surface area contributed by atoms with Gasteiger partial charge in [0.1, 0.15) is 12.6 Å². The van der Waals surface area contributed by atoms with Crippen molar-refractivity contribution in [3.63, 3.8) is 0 Å². The molecule has 0 fully saturated rings. The van der Waals surface area contributed by atoms with Crippen LogP contribution in [0.3, 0.4) is 0 Å². The Hall–Kier alpha value is -2.24. The number of rotatable bonds is 4. The number of nitrogens with one attached hydrogen (secondary N) is 1. The van der Waals surface area contributed by atoms with E-state index in [1.807, 2.05) is 30.3 Å². The van der Waals surface area contributed by atoms with Gasteiger partial charge in [0.15, 0.2) is 0 Å². The van der Waals surface area contributed by atoms with E-state index in [0.717, 1.165) is 11.3 Å². The van der Waals surface area contributed by atoms with E-state index in [2.05, 4.69) is 48.3 Å². The normalized spacial score (nSPS) is 11.3. The second kappa shape index (κ2) is 7.37. The molecule has 0 unspecified atom stereocenters. The minimum atomic E-state index is -0.0341. The number of benzene rings is 2. The minimum absolute atomic E-state index is 0.0341. The predicted molar refractivity (Wildman–Crippen MR) is 83.6 cm³/mol. The van der Waals surface area contributed by atoms with E-state index in [9.17, 15) is 0 Å². The van der Waals surface area contributed by atoms with Crippen molar-refractivity contribution in [2.45, 2.75) is 13.0 Å². The second-order valence-electron chi connectivity index (χ2n) is 4.61. The van der Waals surface area contributed by atoms with Crippen molar-refractivity contribution in [1.29, 1.82) is 0 Å². The zero-order valence-corrected chi connectivity index (χ0v) is 11.9. The lowest BCUT2D eigenvalue weighted by molar-refractivity contribution is 0.239. The molecule has 2 aromatic carbocycles. The van der Waals surface area contributed by atoms with Gasteiger partial charge in [0.2, 0.25) is 0 Å². The van der Waals surface area contributed by atoms with Crippen molar-refractivity contribution in [3.05, 3.63) is 65.7 Å². The van der Waals surface area contributed by atoms with Crippen LogP contribution >= 0.6 is 0 Å². The fourth-order valence-electron chi connectivity index (χ4n) is 1.88. The van der Waals surface area contributed by atoms with Crippen molar-refractivity contribution in [2.24, 2.45) is 0 Å². The number of ether oxygens (including phenoxy) is 1. The molecule has 0 aliphatic heterocycles. The lowest BCUT2D eigenvalue weighted by atomic mass is 10.1. The third kappa shape index (κ3) is 4.15. The van der Waals surface area contributed by atoms with Crippen LogP contribution < -0.4 is 5.32 Å². The predicted octanol–water partition coefficient (Wildman–Crippen LogP) is 3.80. The second-order valence-corrected chi connectivity index (χ2v) is 4.61. The Morgan fingerprint density at radius 1 is 1.05 bits per heavy atom. The van der Waals surface area contributed by atoms with Crippen molar-refractivity contribution in [1.82, 2.24) is 0 Å². The summed E-state index contributed by atoms with van der Waals surface area (Å²) in [6.07, 6.45) is 0. The third-order valence-corrected chi connectivity index (χ3v) is 2.96.